The van der Waals surface area contributed by atoms with E-state index >= 15 is 0 Å². The molecule has 0 aliphatic heterocycles. The van der Waals surface area contributed by atoms with Gasteiger partial charge in [-0.1, -0.05) is 24.3 Å². The van der Waals surface area contributed by atoms with Gasteiger partial charge in [0.2, 0.25) is 5.91 Å². The molecule has 0 bridgehead atoms. The van der Waals surface area contributed by atoms with Gasteiger partial charge in [0.15, 0.2) is 0 Å². The van der Waals surface area contributed by atoms with Gasteiger partial charge < -0.3 is 10.6 Å². The molecule has 1 atom stereocenters. The van der Waals surface area contributed by atoms with Gasteiger partial charge in [0, 0.05) is 13.1 Å². The zero-order chi connectivity index (χ0) is 12.1. The molecule has 2 N–H and O–H groups in total. The van der Waals surface area contributed by atoms with Crippen LogP contribution in [0.3, 0.4) is 0 Å². The van der Waals surface area contributed by atoms with Crippen LogP contribution in [0, 0.1) is 0 Å². The minimum absolute atomic E-state index is 0. The quantitative estimate of drug-likeness (QED) is 0.819. The highest BCUT2D eigenvalue weighted by Gasteiger charge is 2.25. The lowest BCUT2D eigenvalue weighted by Gasteiger charge is -2.24. The third kappa shape index (κ3) is 3.47. The SMILES string of the molecule is CNCCNC(=O)C1CCCc2ccccc21.Cl. The summed E-state index contributed by atoms with van der Waals surface area (Å²) in [7, 11) is 1.89. The summed E-state index contributed by atoms with van der Waals surface area (Å²) < 4.78 is 0. The third-order valence-corrected chi connectivity index (χ3v) is 3.36. The van der Waals surface area contributed by atoms with Crippen molar-refractivity contribution in [3.8, 4) is 0 Å². The van der Waals surface area contributed by atoms with Crippen molar-refractivity contribution >= 4 is 18.3 Å². The van der Waals surface area contributed by atoms with E-state index in [1.807, 2.05) is 13.1 Å². The van der Waals surface area contributed by atoms with E-state index in [9.17, 15) is 4.79 Å². The third-order valence-electron chi connectivity index (χ3n) is 3.36. The van der Waals surface area contributed by atoms with Gasteiger partial charge >= 0.3 is 0 Å². The van der Waals surface area contributed by atoms with Gasteiger partial charge in [-0.3, -0.25) is 4.79 Å². The first-order chi connectivity index (χ1) is 8.33. The van der Waals surface area contributed by atoms with Crippen molar-refractivity contribution in [2.45, 2.75) is 25.2 Å². The highest BCUT2D eigenvalue weighted by molar-refractivity contribution is 5.85. The average molecular weight is 269 g/mol. The number of carbonyl (C=O) groups is 1. The number of halogens is 1. The highest BCUT2D eigenvalue weighted by Crippen LogP contribution is 2.31. The van der Waals surface area contributed by atoms with Crippen LogP contribution >= 0.6 is 12.4 Å². The van der Waals surface area contributed by atoms with E-state index in [-0.39, 0.29) is 24.2 Å². The fraction of sp³-hybridized carbons (Fsp3) is 0.500. The predicted octanol–water partition coefficient (Wildman–Crippen LogP) is 1.86. The standard InChI is InChI=1S/C14H20N2O.ClH/c1-15-9-10-16-14(17)13-8-4-6-11-5-2-3-7-12(11)13;/h2-3,5,7,13,15H,4,6,8-10H2,1H3,(H,16,17);1H. The Labute approximate surface area is 115 Å². The number of carbonyl (C=O) groups excluding carboxylic acids is 1. The normalized spacial score (nSPS) is 17.5. The van der Waals surface area contributed by atoms with Gasteiger partial charge in [0.05, 0.1) is 5.92 Å². The molecule has 0 saturated carbocycles. The Morgan fingerprint density at radius 3 is 2.89 bits per heavy atom. The molecule has 0 heterocycles. The van der Waals surface area contributed by atoms with Gasteiger partial charge in [-0.05, 0) is 37.4 Å². The van der Waals surface area contributed by atoms with Crippen LogP contribution in [0.4, 0.5) is 0 Å². The number of hydrogen-bond acceptors (Lipinski definition) is 2. The molecular weight excluding hydrogens is 248 g/mol. The molecule has 2 rings (SSSR count). The van der Waals surface area contributed by atoms with Crippen LogP contribution in [0.25, 0.3) is 0 Å². The van der Waals surface area contributed by atoms with Gasteiger partial charge in [0.1, 0.15) is 0 Å². The fourth-order valence-electron chi connectivity index (χ4n) is 2.46. The molecule has 1 amide bonds. The molecule has 1 aliphatic rings. The topological polar surface area (TPSA) is 41.1 Å². The van der Waals surface area contributed by atoms with Gasteiger partial charge in [-0.15, -0.1) is 12.4 Å². The molecule has 18 heavy (non-hydrogen) atoms. The molecule has 1 aliphatic carbocycles. The number of aryl methyl sites for hydroxylation is 1. The molecular formula is C14H21ClN2O. The number of benzene rings is 1. The largest absolute Gasteiger partial charge is 0.354 e. The van der Waals surface area contributed by atoms with Gasteiger partial charge in [-0.2, -0.15) is 0 Å². The van der Waals surface area contributed by atoms with Crippen LogP contribution in [-0.2, 0) is 11.2 Å². The van der Waals surface area contributed by atoms with Gasteiger partial charge in [-0.25, -0.2) is 0 Å². The molecule has 100 valence electrons. The number of amides is 1. The summed E-state index contributed by atoms with van der Waals surface area (Å²) in [5, 5.41) is 6.02. The molecule has 0 fully saturated rings. The number of nitrogens with one attached hydrogen (secondary N) is 2. The first kappa shape index (κ1) is 15.0. The van der Waals surface area contributed by atoms with Crippen LogP contribution in [-0.4, -0.2) is 26.0 Å². The number of hydrogen-bond donors (Lipinski definition) is 2. The number of likely N-dealkylation sites (N-methyl/N-ethyl adjacent to an activating group) is 1. The molecule has 0 aromatic heterocycles. The molecule has 0 saturated heterocycles. The molecule has 3 nitrogen and oxygen atoms in total. The zero-order valence-electron chi connectivity index (χ0n) is 10.7. The van der Waals surface area contributed by atoms with Crippen molar-refractivity contribution in [1.29, 1.82) is 0 Å². The van der Waals surface area contributed by atoms with Crippen LogP contribution < -0.4 is 10.6 Å². The summed E-state index contributed by atoms with van der Waals surface area (Å²) >= 11 is 0. The van der Waals surface area contributed by atoms with Crippen LogP contribution in [0.5, 0.6) is 0 Å². The summed E-state index contributed by atoms with van der Waals surface area (Å²) in [5.41, 5.74) is 2.56. The second kappa shape index (κ2) is 7.39. The van der Waals surface area contributed by atoms with E-state index in [0.29, 0.717) is 6.54 Å². The lowest BCUT2D eigenvalue weighted by atomic mass is 9.82. The zero-order valence-corrected chi connectivity index (χ0v) is 11.6. The maximum Gasteiger partial charge on any atom is 0.227 e. The lowest BCUT2D eigenvalue weighted by Crippen LogP contribution is -2.35. The Balaban J connectivity index is 0.00000162. The van der Waals surface area contributed by atoms with Crippen molar-refractivity contribution in [3.05, 3.63) is 35.4 Å². The van der Waals surface area contributed by atoms with E-state index in [1.54, 1.807) is 0 Å². The fourth-order valence-corrected chi connectivity index (χ4v) is 2.46. The van der Waals surface area contributed by atoms with Crippen molar-refractivity contribution in [2.75, 3.05) is 20.1 Å². The second-order valence-corrected chi connectivity index (χ2v) is 4.54. The number of rotatable bonds is 4. The number of fused-ring (bicyclic) bond motifs is 1. The van der Waals surface area contributed by atoms with Gasteiger partial charge in [0.25, 0.3) is 0 Å². The summed E-state index contributed by atoms with van der Waals surface area (Å²) in [4.78, 5) is 12.1. The first-order valence-electron chi connectivity index (χ1n) is 6.33. The monoisotopic (exact) mass is 268 g/mol. The van der Waals surface area contributed by atoms with E-state index in [2.05, 4.69) is 28.8 Å². The van der Waals surface area contributed by atoms with Crippen LogP contribution in [0.2, 0.25) is 0 Å². The molecule has 1 aromatic rings. The molecule has 0 spiro atoms. The maximum atomic E-state index is 12.1. The molecule has 0 radical (unpaired) electrons. The Bertz CT molecular complexity index is 395. The van der Waals surface area contributed by atoms with Crippen LogP contribution in [0.1, 0.15) is 29.9 Å². The summed E-state index contributed by atoms with van der Waals surface area (Å²) in [6.07, 6.45) is 3.19. The van der Waals surface area contributed by atoms with Crippen molar-refractivity contribution in [1.82, 2.24) is 10.6 Å². The van der Waals surface area contributed by atoms with E-state index < -0.39 is 0 Å². The van der Waals surface area contributed by atoms with Crippen molar-refractivity contribution < 1.29 is 4.79 Å². The van der Waals surface area contributed by atoms with Crippen LogP contribution in [0.15, 0.2) is 24.3 Å². The van der Waals surface area contributed by atoms with Crippen molar-refractivity contribution in [3.63, 3.8) is 0 Å². The van der Waals surface area contributed by atoms with E-state index in [4.69, 9.17) is 0 Å². The minimum Gasteiger partial charge on any atom is -0.354 e. The second-order valence-electron chi connectivity index (χ2n) is 4.54. The molecule has 1 aromatic carbocycles. The predicted molar refractivity (Wildman–Crippen MR) is 76.3 cm³/mol. The Morgan fingerprint density at radius 2 is 2.11 bits per heavy atom. The highest BCUT2D eigenvalue weighted by atomic mass is 35.5. The summed E-state index contributed by atoms with van der Waals surface area (Å²) in [5.74, 6) is 0.226. The molecule has 4 heteroatoms. The first-order valence-corrected chi connectivity index (χ1v) is 6.33. The molecule has 1 unspecified atom stereocenters. The van der Waals surface area contributed by atoms with Crippen molar-refractivity contribution in [2.24, 2.45) is 0 Å². The maximum absolute atomic E-state index is 12.1. The summed E-state index contributed by atoms with van der Waals surface area (Å²) in [6.45, 7) is 1.52. The summed E-state index contributed by atoms with van der Waals surface area (Å²) in [6, 6.07) is 8.32. The Morgan fingerprint density at radius 1 is 1.33 bits per heavy atom. The Hall–Kier alpha value is -1.06. The Kier molecular flexibility index (Phi) is 6.16. The van der Waals surface area contributed by atoms with E-state index in [0.717, 1.165) is 25.8 Å². The average Bonchev–Trinajstić information content (AvgIpc) is 2.38. The lowest BCUT2D eigenvalue weighted by molar-refractivity contribution is -0.122. The minimum atomic E-state index is 0. The van der Waals surface area contributed by atoms with E-state index in [1.165, 1.54) is 11.1 Å². The smallest absolute Gasteiger partial charge is 0.227 e.